The Hall–Kier alpha value is -4.56. The number of fused-ring (bicyclic) bond motifs is 1. The average molecular weight is 606 g/mol. The van der Waals surface area contributed by atoms with Crippen molar-refractivity contribution in [3.8, 4) is 22.4 Å². The predicted octanol–water partition coefficient (Wildman–Crippen LogP) is 9.38. The van der Waals surface area contributed by atoms with E-state index in [0.717, 1.165) is 38.2 Å². The molecular formula is C34H24ClN3O2S2. The number of aromatic nitrogens is 1. The molecule has 5 nitrogen and oxygen atoms in total. The van der Waals surface area contributed by atoms with Crippen LogP contribution in [0.1, 0.15) is 30.5 Å². The Morgan fingerprint density at radius 2 is 1.64 bits per heavy atom. The minimum atomic E-state index is -0.338. The molecule has 0 bridgehead atoms. The summed E-state index contributed by atoms with van der Waals surface area (Å²) in [6, 6.07) is 28.4. The van der Waals surface area contributed by atoms with Gasteiger partial charge in [0.25, 0.3) is 5.91 Å². The van der Waals surface area contributed by atoms with Gasteiger partial charge in [0.1, 0.15) is 9.71 Å². The second kappa shape index (κ2) is 11.7. The van der Waals surface area contributed by atoms with Gasteiger partial charge in [-0.05, 0) is 84.1 Å². The zero-order valence-corrected chi connectivity index (χ0v) is 24.8. The highest BCUT2D eigenvalue weighted by Gasteiger charge is 2.22. The SMILES string of the molecule is Cc1ccc(-c2cc(-c3ccc(Cl)cc3)nc3sc(C(=O)Nc4ccc(C(=O)C=Cc5cccs5)cc4)c(N)c23)cc1. The highest BCUT2D eigenvalue weighted by Crippen LogP contribution is 2.41. The minimum absolute atomic E-state index is 0.110. The topological polar surface area (TPSA) is 85.1 Å². The zero-order valence-electron chi connectivity index (χ0n) is 22.4. The van der Waals surface area contributed by atoms with E-state index < -0.39 is 0 Å². The standard InChI is InChI=1S/C34H24ClN3O2S2/c1-20-4-6-21(7-5-20)27-19-28(22-8-12-24(35)13-9-22)38-34-30(27)31(36)32(42-34)33(40)37-25-14-10-23(11-15-25)29(39)17-16-26-3-2-18-41-26/h2-19H,36H2,1H3,(H,37,40). The van der Waals surface area contributed by atoms with Crippen LogP contribution in [0.5, 0.6) is 0 Å². The number of rotatable bonds is 7. The molecule has 8 heteroatoms. The maximum atomic E-state index is 13.4. The molecule has 3 N–H and O–H groups in total. The van der Waals surface area contributed by atoms with Crippen LogP contribution in [0.4, 0.5) is 11.4 Å². The first-order chi connectivity index (χ1) is 20.4. The van der Waals surface area contributed by atoms with Crippen LogP contribution in [0.3, 0.4) is 0 Å². The van der Waals surface area contributed by atoms with Crippen LogP contribution < -0.4 is 11.1 Å². The minimum Gasteiger partial charge on any atom is -0.397 e. The third-order valence-corrected chi connectivity index (χ3v) is 8.96. The van der Waals surface area contributed by atoms with Crippen molar-refractivity contribution < 1.29 is 9.59 Å². The fraction of sp³-hybridized carbons (Fsp3) is 0.0294. The van der Waals surface area contributed by atoms with Gasteiger partial charge in [-0.3, -0.25) is 9.59 Å². The molecule has 0 aliphatic heterocycles. The largest absolute Gasteiger partial charge is 0.397 e. The summed E-state index contributed by atoms with van der Waals surface area (Å²) in [7, 11) is 0. The number of anilines is 2. The highest BCUT2D eigenvalue weighted by atomic mass is 35.5. The number of carbonyl (C=O) groups is 2. The van der Waals surface area contributed by atoms with Crippen LogP contribution >= 0.6 is 34.3 Å². The van der Waals surface area contributed by atoms with Crippen LogP contribution in [0.15, 0.2) is 102 Å². The molecule has 0 saturated carbocycles. The first kappa shape index (κ1) is 27.6. The third kappa shape index (κ3) is 5.76. The normalized spacial score (nSPS) is 11.3. The van der Waals surface area contributed by atoms with Crippen molar-refractivity contribution in [2.24, 2.45) is 0 Å². The molecule has 6 aromatic rings. The smallest absolute Gasteiger partial charge is 0.267 e. The Morgan fingerprint density at radius 3 is 2.33 bits per heavy atom. The molecule has 206 valence electrons. The lowest BCUT2D eigenvalue weighted by atomic mass is 9.98. The molecule has 0 fully saturated rings. The number of nitrogens with zero attached hydrogens (tertiary/aromatic N) is 1. The number of carbonyl (C=O) groups excluding carboxylic acids is 2. The second-order valence-corrected chi connectivity index (χ2v) is 12.1. The Labute approximate surface area is 255 Å². The van der Waals surface area contributed by atoms with Crippen molar-refractivity contribution >= 4 is 73.6 Å². The Kier molecular flexibility index (Phi) is 7.71. The zero-order chi connectivity index (χ0) is 29.2. The van der Waals surface area contributed by atoms with Gasteiger partial charge in [0, 0.05) is 32.1 Å². The molecule has 0 atom stereocenters. The number of amides is 1. The Bertz CT molecular complexity index is 1940. The lowest BCUT2D eigenvalue weighted by Crippen LogP contribution is -2.12. The Morgan fingerprint density at radius 1 is 0.929 bits per heavy atom. The number of allylic oxidation sites excluding steroid dienone is 1. The number of thiophene rings is 2. The summed E-state index contributed by atoms with van der Waals surface area (Å²) >= 11 is 8.94. The van der Waals surface area contributed by atoms with Gasteiger partial charge in [-0.2, -0.15) is 0 Å². The van der Waals surface area contributed by atoms with Crippen molar-refractivity contribution in [1.82, 2.24) is 4.98 Å². The number of aryl methyl sites for hydroxylation is 1. The van der Waals surface area contributed by atoms with Crippen molar-refractivity contribution in [2.45, 2.75) is 6.92 Å². The van der Waals surface area contributed by atoms with Crippen LogP contribution in [0.25, 0.3) is 38.7 Å². The summed E-state index contributed by atoms with van der Waals surface area (Å²) in [6.07, 6.45) is 3.35. The predicted molar refractivity (Wildman–Crippen MR) is 177 cm³/mol. The molecule has 0 saturated heterocycles. The lowest BCUT2D eigenvalue weighted by Gasteiger charge is -2.09. The molecule has 3 heterocycles. The Balaban J connectivity index is 1.32. The third-order valence-electron chi connectivity index (χ3n) is 6.78. The number of benzene rings is 3. The monoisotopic (exact) mass is 605 g/mol. The van der Waals surface area contributed by atoms with Crippen LogP contribution in [-0.2, 0) is 0 Å². The summed E-state index contributed by atoms with van der Waals surface area (Å²) in [5, 5.41) is 6.27. The van der Waals surface area contributed by atoms with Gasteiger partial charge in [-0.1, -0.05) is 59.6 Å². The summed E-state index contributed by atoms with van der Waals surface area (Å²) in [6.45, 7) is 2.04. The summed E-state index contributed by atoms with van der Waals surface area (Å²) in [5.41, 5.74) is 12.8. The summed E-state index contributed by atoms with van der Waals surface area (Å²) < 4.78 is 0. The van der Waals surface area contributed by atoms with Gasteiger partial charge in [0.15, 0.2) is 5.78 Å². The van der Waals surface area contributed by atoms with Gasteiger partial charge in [0.2, 0.25) is 0 Å². The molecule has 3 aromatic carbocycles. The first-order valence-electron chi connectivity index (χ1n) is 13.1. The van der Waals surface area contributed by atoms with Gasteiger partial charge in [-0.25, -0.2) is 4.98 Å². The molecule has 3 aromatic heterocycles. The molecule has 6 rings (SSSR count). The average Bonchev–Trinajstić information content (AvgIpc) is 3.64. The van der Waals surface area contributed by atoms with Crippen LogP contribution in [0.2, 0.25) is 5.02 Å². The van der Waals surface area contributed by atoms with E-state index >= 15 is 0 Å². The van der Waals surface area contributed by atoms with Gasteiger partial charge in [0.05, 0.1) is 11.4 Å². The van der Waals surface area contributed by atoms with E-state index in [4.69, 9.17) is 22.3 Å². The fourth-order valence-corrected chi connectivity index (χ4v) is 6.32. The molecule has 0 aliphatic carbocycles. The number of halogens is 1. The van der Waals surface area contributed by atoms with Gasteiger partial charge in [-0.15, -0.1) is 22.7 Å². The summed E-state index contributed by atoms with van der Waals surface area (Å²) in [4.78, 5) is 32.9. The molecular weight excluding hydrogens is 582 g/mol. The molecule has 0 unspecified atom stereocenters. The molecule has 0 spiro atoms. The van der Waals surface area contributed by atoms with E-state index in [-0.39, 0.29) is 11.7 Å². The molecule has 42 heavy (non-hydrogen) atoms. The number of hydrogen-bond donors (Lipinski definition) is 2. The second-order valence-electron chi connectivity index (χ2n) is 9.70. The first-order valence-corrected chi connectivity index (χ1v) is 15.2. The van der Waals surface area contributed by atoms with Crippen LogP contribution in [0, 0.1) is 6.92 Å². The highest BCUT2D eigenvalue weighted by molar-refractivity contribution is 7.21. The van der Waals surface area contributed by atoms with Crippen molar-refractivity contribution in [2.75, 3.05) is 11.1 Å². The molecule has 0 aliphatic rings. The number of nitrogens with two attached hydrogens (primary N) is 1. The molecule has 0 radical (unpaired) electrons. The summed E-state index contributed by atoms with van der Waals surface area (Å²) in [5.74, 6) is -0.448. The maximum absolute atomic E-state index is 13.4. The van der Waals surface area contributed by atoms with E-state index in [1.165, 1.54) is 11.3 Å². The van der Waals surface area contributed by atoms with Gasteiger partial charge >= 0.3 is 0 Å². The van der Waals surface area contributed by atoms with Crippen molar-refractivity contribution in [3.63, 3.8) is 0 Å². The van der Waals surface area contributed by atoms with E-state index in [1.54, 1.807) is 47.8 Å². The van der Waals surface area contributed by atoms with E-state index in [9.17, 15) is 9.59 Å². The van der Waals surface area contributed by atoms with E-state index in [2.05, 4.69) is 5.32 Å². The number of nitrogens with one attached hydrogen (secondary N) is 1. The fourth-order valence-electron chi connectivity index (χ4n) is 4.56. The van der Waals surface area contributed by atoms with Crippen molar-refractivity contribution in [3.05, 3.63) is 128 Å². The number of hydrogen-bond acceptors (Lipinski definition) is 6. The van der Waals surface area contributed by atoms with E-state index in [1.807, 2.05) is 79.0 Å². The van der Waals surface area contributed by atoms with Crippen molar-refractivity contribution in [1.29, 1.82) is 0 Å². The lowest BCUT2D eigenvalue weighted by molar-refractivity contribution is 0.102. The number of nitrogen functional groups attached to an aromatic ring is 1. The van der Waals surface area contributed by atoms with Crippen LogP contribution in [-0.4, -0.2) is 16.7 Å². The molecule has 1 amide bonds. The van der Waals surface area contributed by atoms with E-state index in [0.29, 0.717) is 31.7 Å². The quantitative estimate of drug-likeness (QED) is 0.140. The number of ketones is 1. The maximum Gasteiger partial charge on any atom is 0.267 e. The number of pyridine rings is 1. The van der Waals surface area contributed by atoms with Gasteiger partial charge < -0.3 is 11.1 Å².